The monoisotopic (exact) mass is 966 g/mol. The van der Waals surface area contributed by atoms with Crippen LogP contribution in [0.1, 0.15) is 6.42 Å². The first-order valence-corrected chi connectivity index (χ1v) is 12.5. The zero-order valence-electron chi connectivity index (χ0n) is 25.3. The largest absolute Gasteiger partial charge is 0.481 e. The molecule has 2 unspecified atom stereocenters. The number of halogens is 34. The highest BCUT2D eigenvalue weighted by Gasteiger charge is 3.00. The third kappa shape index (κ3) is 6.94. The van der Waals surface area contributed by atoms with Gasteiger partial charge in [0.2, 0.25) is 0 Å². The molecular weight excluding hydrogens is 962 g/mol. The Morgan fingerprint density at radius 3 is 0.627 bits per heavy atom. The van der Waals surface area contributed by atoms with Gasteiger partial charge < -0.3 is 10.2 Å². The number of carbonyl (C=O) groups is 2. The van der Waals surface area contributed by atoms with Gasteiger partial charge in [-0.25, -0.2) is 13.6 Å². The van der Waals surface area contributed by atoms with Gasteiger partial charge >= 0.3 is 95.9 Å². The van der Waals surface area contributed by atoms with Crippen LogP contribution >= 0.6 is 0 Å². The first-order valence-electron chi connectivity index (χ1n) is 12.5. The van der Waals surface area contributed by atoms with E-state index in [0.717, 1.165) is 0 Å². The highest BCUT2D eigenvalue weighted by Crippen LogP contribution is 2.71. The Balaban J connectivity index is 9.71. The van der Waals surface area contributed by atoms with Crippen molar-refractivity contribution in [3.8, 4) is 0 Å². The summed E-state index contributed by atoms with van der Waals surface area (Å²) in [6.07, 6.45) is -41.3. The molecule has 350 valence electrons. The van der Waals surface area contributed by atoms with Crippen LogP contribution in [0.15, 0.2) is 11.1 Å². The summed E-state index contributed by atoms with van der Waals surface area (Å²) in [5.41, 5.74) is -33.5. The van der Waals surface area contributed by atoms with Gasteiger partial charge in [0, 0.05) is 5.57 Å². The third-order valence-corrected chi connectivity index (χ3v) is 7.09. The van der Waals surface area contributed by atoms with Crippen molar-refractivity contribution in [3.63, 3.8) is 0 Å². The highest BCUT2D eigenvalue weighted by atomic mass is 19.5. The second kappa shape index (κ2) is 13.9. The Bertz CT molecular complexity index is 1540. The van der Waals surface area contributed by atoms with E-state index in [1.165, 1.54) is 0 Å². The molecule has 0 heterocycles. The minimum Gasteiger partial charge on any atom is -0.481 e. The molecular formula is C21H4F34O4. The summed E-state index contributed by atoms with van der Waals surface area (Å²) in [7, 11) is 0. The summed E-state index contributed by atoms with van der Waals surface area (Å²) in [6, 6.07) is 0. The average molecular weight is 966 g/mol. The minimum atomic E-state index is -10.6. The van der Waals surface area contributed by atoms with E-state index in [2.05, 4.69) is 0 Å². The third-order valence-electron chi connectivity index (χ3n) is 7.09. The van der Waals surface area contributed by atoms with Gasteiger partial charge in [-0.15, -0.1) is 0 Å². The van der Waals surface area contributed by atoms with E-state index in [1.54, 1.807) is 0 Å². The van der Waals surface area contributed by atoms with Crippen LogP contribution in [0.4, 0.5) is 149 Å². The lowest BCUT2D eigenvalue weighted by Crippen LogP contribution is -2.79. The molecule has 0 rings (SSSR count). The molecule has 0 aliphatic heterocycles. The molecule has 0 saturated carbocycles. The topological polar surface area (TPSA) is 74.6 Å². The smallest absolute Gasteiger partial charge is 0.460 e. The van der Waals surface area contributed by atoms with Crippen LogP contribution in [0.5, 0.6) is 0 Å². The normalized spacial score (nSPS) is 17.9. The van der Waals surface area contributed by atoms with Crippen LogP contribution in [0.2, 0.25) is 0 Å². The molecule has 4 nitrogen and oxygen atoms in total. The molecule has 0 aromatic rings. The molecule has 2 N–H and O–H groups in total. The number of aliphatic carboxylic acids is 2. The first kappa shape index (κ1) is 55.3. The fourth-order valence-corrected chi connectivity index (χ4v) is 4.00. The van der Waals surface area contributed by atoms with Gasteiger partial charge in [-0.2, -0.15) is 140 Å². The predicted molar refractivity (Wildman–Crippen MR) is 108 cm³/mol. The molecule has 0 saturated heterocycles. The molecule has 38 heteroatoms. The van der Waals surface area contributed by atoms with E-state index in [-0.39, 0.29) is 0 Å². The van der Waals surface area contributed by atoms with E-state index in [9.17, 15) is 150 Å². The zero-order valence-corrected chi connectivity index (χ0v) is 25.3. The minimum absolute atomic E-state index is 4.04. The van der Waals surface area contributed by atoms with Gasteiger partial charge in [0.1, 0.15) is 0 Å². The Hall–Kier alpha value is -3.70. The summed E-state index contributed by atoms with van der Waals surface area (Å²) >= 11 is 0. The lowest BCUT2D eigenvalue weighted by Gasteiger charge is -2.50. The van der Waals surface area contributed by atoms with Crippen molar-refractivity contribution in [2.45, 2.75) is 102 Å². The fraction of sp³-hybridized carbons (Fsp3) is 0.810. The van der Waals surface area contributed by atoms with Gasteiger partial charge in [0.25, 0.3) is 11.3 Å². The van der Waals surface area contributed by atoms with E-state index in [1.807, 2.05) is 0 Å². The maximum atomic E-state index is 15.8. The molecule has 0 aliphatic rings. The van der Waals surface area contributed by atoms with Crippen molar-refractivity contribution in [1.82, 2.24) is 0 Å². The van der Waals surface area contributed by atoms with E-state index in [4.69, 9.17) is 10.2 Å². The predicted octanol–water partition coefficient (Wildman–Crippen LogP) is 10.9. The van der Waals surface area contributed by atoms with Crippen molar-refractivity contribution >= 4 is 11.9 Å². The van der Waals surface area contributed by atoms with E-state index >= 15 is 8.78 Å². The number of carboxylic acids is 2. The van der Waals surface area contributed by atoms with Gasteiger partial charge in [0.15, 0.2) is 0 Å². The molecule has 0 spiro atoms. The first-order chi connectivity index (χ1) is 24.9. The standard InChI is InChI=1S/C21H4F34O4/c22-6(18(44,45)46,8(24,25)10(28,29)12(32,33)14(36,37)16(40,41)20(50,51)52)4(2(5(58)59)1-3(56)57)7(23,19(47,48)49)9(26,27)11(30,31)13(34,35)15(38,39)17(42,43)21(53,54)55/h1H2,(H,56,57)(H,58,59). The van der Waals surface area contributed by atoms with Gasteiger partial charge in [-0.3, -0.25) is 4.79 Å². The lowest BCUT2D eigenvalue weighted by atomic mass is 9.68. The molecule has 2 atom stereocenters. The Morgan fingerprint density at radius 1 is 0.288 bits per heavy atom. The highest BCUT2D eigenvalue weighted by molar-refractivity contribution is 5.94. The summed E-state index contributed by atoms with van der Waals surface area (Å²) < 4.78 is 470. The number of allylic oxidation sites excluding steroid dienone is 1. The van der Waals surface area contributed by atoms with Crippen molar-refractivity contribution in [2.75, 3.05) is 0 Å². The molecule has 0 amide bonds. The van der Waals surface area contributed by atoms with Crippen LogP contribution in [-0.2, 0) is 9.59 Å². The summed E-state index contributed by atoms with van der Waals surface area (Å²) in [5.74, 6) is -109. The Morgan fingerprint density at radius 2 is 0.475 bits per heavy atom. The number of rotatable bonds is 15. The number of hydrogen-bond donors (Lipinski definition) is 2. The maximum absolute atomic E-state index is 15.8. The fourth-order valence-electron chi connectivity index (χ4n) is 4.00. The maximum Gasteiger partial charge on any atom is 0.460 e. The Kier molecular flexibility index (Phi) is 13.0. The second-order valence-corrected chi connectivity index (χ2v) is 10.8. The average Bonchev–Trinajstić information content (AvgIpc) is 2.96. The zero-order chi connectivity index (χ0) is 49.0. The number of hydrogen-bond acceptors (Lipinski definition) is 2. The molecule has 0 aliphatic carbocycles. The quantitative estimate of drug-likeness (QED) is 0.127. The lowest BCUT2D eigenvalue weighted by molar-refractivity contribution is -0.462. The molecule has 59 heavy (non-hydrogen) atoms. The SMILES string of the molecule is O=C(O)CC(C(=O)O)=C(C(F)(C(F)(F)F)C(F)(F)C(F)(F)C(F)(F)C(F)(F)C(F)(F)C(F)(F)F)C(F)(C(F)(F)F)C(F)(F)C(F)(F)C(F)(F)C(F)(F)C(F)(F)C(F)(F)F. The van der Waals surface area contributed by atoms with E-state index < -0.39 is 125 Å². The van der Waals surface area contributed by atoms with Gasteiger partial charge in [-0.1, -0.05) is 0 Å². The molecule has 0 aromatic heterocycles. The molecule has 0 bridgehead atoms. The van der Waals surface area contributed by atoms with Crippen molar-refractivity contribution < 1.29 is 169 Å². The van der Waals surface area contributed by atoms with Crippen LogP contribution in [-0.4, -0.2) is 117 Å². The second-order valence-electron chi connectivity index (χ2n) is 10.8. The number of alkyl halides is 34. The van der Waals surface area contributed by atoms with Crippen molar-refractivity contribution in [3.05, 3.63) is 11.1 Å². The van der Waals surface area contributed by atoms with Crippen LogP contribution in [0.3, 0.4) is 0 Å². The number of carboxylic acid groups (broad SMARTS) is 2. The summed E-state index contributed by atoms with van der Waals surface area (Å²) in [6.45, 7) is 0. The Labute approximate surface area is 295 Å². The van der Waals surface area contributed by atoms with Crippen molar-refractivity contribution in [2.24, 2.45) is 0 Å². The van der Waals surface area contributed by atoms with Crippen molar-refractivity contribution in [1.29, 1.82) is 0 Å². The molecule has 0 fully saturated rings. The van der Waals surface area contributed by atoms with Crippen LogP contribution in [0.25, 0.3) is 0 Å². The molecule has 0 radical (unpaired) electrons. The van der Waals surface area contributed by atoms with E-state index in [0.29, 0.717) is 0 Å². The van der Waals surface area contributed by atoms with Gasteiger partial charge in [0.05, 0.1) is 12.0 Å². The van der Waals surface area contributed by atoms with Crippen LogP contribution in [0, 0.1) is 0 Å². The van der Waals surface area contributed by atoms with Gasteiger partial charge in [-0.05, 0) is 0 Å². The summed E-state index contributed by atoms with van der Waals surface area (Å²) in [4.78, 5) is 22.2. The molecule has 0 aromatic carbocycles. The summed E-state index contributed by atoms with van der Waals surface area (Å²) in [5, 5.41) is 17.2. The van der Waals surface area contributed by atoms with Crippen LogP contribution < -0.4 is 0 Å².